The van der Waals surface area contributed by atoms with Crippen molar-refractivity contribution in [3.63, 3.8) is 0 Å². The summed E-state index contributed by atoms with van der Waals surface area (Å²) in [5.74, 6) is 0.954. The normalized spacial score (nSPS) is 11.4. The first-order valence-corrected chi connectivity index (χ1v) is 5.51. The van der Waals surface area contributed by atoms with E-state index in [1.165, 1.54) is 0 Å². The molecule has 0 bridgehead atoms. The summed E-state index contributed by atoms with van der Waals surface area (Å²) in [7, 11) is 0. The average Bonchev–Trinajstić information content (AvgIpc) is 2.62. The van der Waals surface area contributed by atoms with Crippen molar-refractivity contribution in [1.29, 1.82) is 0 Å². The van der Waals surface area contributed by atoms with Crippen molar-refractivity contribution in [1.82, 2.24) is 10.6 Å². The SMILES string of the molecule is CC(C)(C)NC(=O)CNCCc1ccco1. The summed E-state index contributed by atoms with van der Waals surface area (Å²) >= 11 is 0. The van der Waals surface area contributed by atoms with Gasteiger partial charge in [-0.2, -0.15) is 0 Å². The lowest BCUT2D eigenvalue weighted by Crippen LogP contribution is -2.45. The first-order valence-electron chi connectivity index (χ1n) is 5.51. The molecule has 0 aliphatic carbocycles. The van der Waals surface area contributed by atoms with E-state index < -0.39 is 0 Å². The zero-order valence-electron chi connectivity index (χ0n) is 10.2. The van der Waals surface area contributed by atoms with E-state index in [0.29, 0.717) is 6.54 Å². The van der Waals surface area contributed by atoms with Gasteiger partial charge in [-0.25, -0.2) is 0 Å². The van der Waals surface area contributed by atoms with Gasteiger partial charge in [-0.1, -0.05) is 0 Å². The van der Waals surface area contributed by atoms with Gasteiger partial charge in [0.05, 0.1) is 12.8 Å². The van der Waals surface area contributed by atoms with E-state index in [0.717, 1.165) is 18.7 Å². The molecular weight excluding hydrogens is 204 g/mol. The molecule has 90 valence electrons. The molecule has 1 aromatic heterocycles. The van der Waals surface area contributed by atoms with Crippen LogP contribution in [-0.2, 0) is 11.2 Å². The molecule has 0 aliphatic heterocycles. The van der Waals surface area contributed by atoms with Gasteiger partial charge in [-0.05, 0) is 32.9 Å². The van der Waals surface area contributed by atoms with Crippen molar-refractivity contribution in [2.75, 3.05) is 13.1 Å². The molecule has 0 fully saturated rings. The monoisotopic (exact) mass is 224 g/mol. The highest BCUT2D eigenvalue weighted by Crippen LogP contribution is 1.99. The zero-order chi connectivity index (χ0) is 12.0. The third-order valence-electron chi connectivity index (χ3n) is 1.93. The minimum Gasteiger partial charge on any atom is -0.469 e. The topological polar surface area (TPSA) is 54.3 Å². The number of hydrogen-bond donors (Lipinski definition) is 2. The summed E-state index contributed by atoms with van der Waals surface area (Å²) in [5, 5.41) is 5.96. The molecule has 2 N–H and O–H groups in total. The molecule has 0 aliphatic rings. The Hall–Kier alpha value is -1.29. The van der Waals surface area contributed by atoms with Gasteiger partial charge < -0.3 is 15.1 Å². The molecule has 0 aromatic carbocycles. The minimum atomic E-state index is -0.167. The summed E-state index contributed by atoms with van der Waals surface area (Å²) in [6.07, 6.45) is 2.46. The quantitative estimate of drug-likeness (QED) is 0.742. The number of rotatable bonds is 5. The maximum Gasteiger partial charge on any atom is 0.234 e. The maximum absolute atomic E-state index is 11.4. The fourth-order valence-electron chi connectivity index (χ4n) is 1.33. The Labute approximate surface area is 96.4 Å². The second-order valence-electron chi connectivity index (χ2n) is 4.80. The molecule has 0 saturated carbocycles. The Morgan fingerprint density at radius 1 is 1.44 bits per heavy atom. The van der Waals surface area contributed by atoms with Crippen molar-refractivity contribution in [3.05, 3.63) is 24.2 Å². The highest BCUT2D eigenvalue weighted by molar-refractivity contribution is 5.78. The molecule has 4 nitrogen and oxygen atoms in total. The van der Waals surface area contributed by atoms with Crippen LogP contribution in [0.25, 0.3) is 0 Å². The maximum atomic E-state index is 11.4. The molecule has 4 heteroatoms. The molecule has 0 saturated heterocycles. The van der Waals surface area contributed by atoms with Gasteiger partial charge in [-0.15, -0.1) is 0 Å². The Morgan fingerprint density at radius 2 is 2.19 bits per heavy atom. The van der Waals surface area contributed by atoms with Crippen molar-refractivity contribution in [2.45, 2.75) is 32.7 Å². The third kappa shape index (κ3) is 5.56. The number of amides is 1. The van der Waals surface area contributed by atoms with Crippen LogP contribution < -0.4 is 10.6 Å². The summed E-state index contributed by atoms with van der Waals surface area (Å²) in [4.78, 5) is 11.4. The van der Waals surface area contributed by atoms with Crippen molar-refractivity contribution in [3.8, 4) is 0 Å². The van der Waals surface area contributed by atoms with E-state index in [9.17, 15) is 4.79 Å². The molecule has 0 unspecified atom stereocenters. The molecule has 1 aromatic rings. The second-order valence-corrected chi connectivity index (χ2v) is 4.80. The van der Waals surface area contributed by atoms with Gasteiger partial charge in [0.2, 0.25) is 5.91 Å². The summed E-state index contributed by atoms with van der Waals surface area (Å²) in [6.45, 7) is 6.98. The minimum absolute atomic E-state index is 0.0203. The Balaban J connectivity index is 2.09. The molecule has 16 heavy (non-hydrogen) atoms. The van der Waals surface area contributed by atoms with E-state index in [4.69, 9.17) is 4.42 Å². The standard InChI is InChI=1S/C12H20N2O2/c1-12(2,3)14-11(15)9-13-7-6-10-5-4-8-16-10/h4-5,8,13H,6-7,9H2,1-3H3,(H,14,15). The Bertz CT molecular complexity index is 312. The summed E-state index contributed by atoms with van der Waals surface area (Å²) in [6, 6.07) is 3.79. The molecule has 0 radical (unpaired) electrons. The van der Waals surface area contributed by atoms with E-state index in [-0.39, 0.29) is 11.4 Å². The smallest absolute Gasteiger partial charge is 0.234 e. The van der Waals surface area contributed by atoms with Gasteiger partial charge in [0.15, 0.2) is 0 Å². The van der Waals surface area contributed by atoms with Crippen LogP contribution in [0.4, 0.5) is 0 Å². The molecular formula is C12H20N2O2. The lowest BCUT2D eigenvalue weighted by Gasteiger charge is -2.20. The predicted molar refractivity (Wildman–Crippen MR) is 63.2 cm³/mol. The van der Waals surface area contributed by atoms with Crippen molar-refractivity contribution < 1.29 is 9.21 Å². The molecule has 1 rings (SSSR count). The second kappa shape index (κ2) is 5.70. The fraction of sp³-hybridized carbons (Fsp3) is 0.583. The fourth-order valence-corrected chi connectivity index (χ4v) is 1.33. The van der Waals surface area contributed by atoms with E-state index in [2.05, 4.69) is 10.6 Å². The van der Waals surface area contributed by atoms with Crippen LogP contribution in [0.3, 0.4) is 0 Å². The number of furan rings is 1. The van der Waals surface area contributed by atoms with Gasteiger partial charge >= 0.3 is 0 Å². The van der Waals surface area contributed by atoms with Crippen LogP contribution in [0.15, 0.2) is 22.8 Å². The lowest BCUT2D eigenvalue weighted by atomic mass is 10.1. The molecule has 1 amide bonds. The Kier molecular flexibility index (Phi) is 4.55. The van der Waals surface area contributed by atoms with Crippen LogP contribution in [0, 0.1) is 0 Å². The highest BCUT2D eigenvalue weighted by Gasteiger charge is 2.12. The van der Waals surface area contributed by atoms with Crippen LogP contribution in [-0.4, -0.2) is 24.5 Å². The lowest BCUT2D eigenvalue weighted by molar-refractivity contribution is -0.121. The van der Waals surface area contributed by atoms with Gasteiger partial charge in [-0.3, -0.25) is 4.79 Å². The van der Waals surface area contributed by atoms with E-state index >= 15 is 0 Å². The Morgan fingerprint density at radius 3 is 2.75 bits per heavy atom. The van der Waals surface area contributed by atoms with Crippen LogP contribution in [0.5, 0.6) is 0 Å². The summed E-state index contributed by atoms with van der Waals surface area (Å²) in [5.41, 5.74) is -0.167. The molecule has 1 heterocycles. The van der Waals surface area contributed by atoms with Crippen LogP contribution in [0.2, 0.25) is 0 Å². The van der Waals surface area contributed by atoms with Gasteiger partial charge in [0.1, 0.15) is 5.76 Å². The van der Waals surface area contributed by atoms with Crippen LogP contribution >= 0.6 is 0 Å². The van der Waals surface area contributed by atoms with Crippen molar-refractivity contribution in [2.24, 2.45) is 0 Å². The summed E-state index contributed by atoms with van der Waals surface area (Å²) < 4.78 is 5.18. The highest BCUT2D eigenvalue weighted by atomic mass is 16.3. The predicted octanol–water partition coefficient (Wildman–Crippen LogP) is 1.33. The third-order valence-corrected chi connectivity index (χ3v) is 1.93. The first-order chi connectivity index (χ1) is 7.47. The molecule has 0 atom stereocenters. The number of carbonyl (C=O) groups is 1. The largest absolute Gasteiger partial charge is 0.469 e. The van der Waals surface area contributed by atoms with E-state index in [1.54, 1.807) is 6.26 Å². The average molecular weight is 224 g/mol. The van der Waals surface area contributed by atoms with Crippen molar-refractivity contribution >= 4 is 5.91 Å². The number of nitrogens with one attached hydrogen (secondary N) is 2. The zero-order valence-corrected chi connectivity index (χ0v) is 10.2. The number of hydrogen-bond acceptors (Lipinski definition) is 3. The number of carbonyl (C=O) groups excluding carboxylic acids is 1. The van der Waals surface area contributed by atoms with E-state index in [1.807, 2.05) is 32.9 Å². The molecule has 0 spiro atoms. The first kappa shape index (κ1) is 12.8. The van der Waals surface area contributed by atoms with Crippen LogP contribution in [0.1, 0.15) is 26.5 Å². The van der Waals surface area contributed by atoms with Gasteiger partial charge in [0.25, 0.3) is 0 Å². The van der Waals surface area contributed by atoms with Gasteiger partial charge in [0, 0.05) is 18.5 Å².